The van der Waals surface area contributed by atoms with E-state index in [1.807, 2.05) is 32.0 Å². The summed E-state index contributed by atoms with van der Waals surface area (Å²) in [4.78, 5) is 12.4. The second-order valence-electron chi connectivity index (χ2n) is 5.53. The molecule has 0 bridgehead atoms. The molecule has 1 N–H and O–H groups in total. The summed E-state index contributed by atoms with van der Waals surface area (Å²) in [5.41, 5.74) is 3.80. The highest BCUT2D eigenvalue weighted by Gasteiger charge is 2.14. The monoisotopic (exact) mass is 332 g/mol. The Labute approximate surface area is 137 Å². The molecule has 0 spiro atoms. The molecule has 2 aromatic carbocycles. The smallest absolute Gasteiger partial charge is 0.255 e. The number of aryl methyl sites for hydroxylation is 2. The SMILES string of the molecule is Cc1ccc(NC(=O)c2cccc(N(C)S(C)(=O)=O)c2)cc1C. The molecule has 0 heterocycles. The van der Waals surface area contributed by atoms with Crippen molar-refractivity contribution in [1.29, 1.82) is 0 Å². The number of nitrogens with zero attached hydrogens (tertiary/aromatic N) is 1. The van der Waals surface area contributed by atoms with Crippen LogP contribution in [-0.4, -0.2) is 27.6 Å². The number of carbonyl (C=O) groups is 1. The van der Waals surface area contributed by atoms with Crippen LogP contribution in [0.25, 0.3) is 0 Å². The molecule has 2 rings (SSSR count). The first-order valence-electron chi connectivity index (χ1n) is 7.11. The Balaban J connectivity index is 2.24. The first-order valence-corrected chi connectivity index (χ1v) is 8.96. The third-order valence-corrected chi connectivity index (χ3v) is 4.94. The molecule has 0 aliphatic carbocycles. The van der Waals surface area contributed by atoms with Crippen molar-refractivity contribution >= 4 is 27.3 Å². The summed E-state index contributed by atoms with van der Waals surface area (Å²) in [6.45, 7) is 3.98. The second-order valence-corrected chi connectivity index (χ2v) is 7.55. The van der Waals surface area contributed by atoms with E-state index in [1.165, 1.54) is 7.05 Å². The maximum atomic E-state index is 12.4. The minimum Gasteiger partial charge on any atom is -0.322 e. The number of hydrogen-bond acceptors (Lipinski definition) is 3. The summed E-state index contributed by atoms with van der Waals surface area (Å²) < 4.78 is 24.3. The molecule has 6 heteroatoms. The molecule has 0 saturated carbocycles. The fourth-order valence-electron chi connectivity index (χ4n) is 2.06. The van der Waals surface area contributed by atoms with Crippen LogP contribution in [0.2, 0.25) is 0 Å². The number of sulfonamides is 1. The van der Waals surface area contributed by atoms with Gasteiger partial charge >= 0.3 is 0 Å². The zero-order valence-electron chi connectivity index (χ0n) is 13.6. The van der Waals surface area contributed by atoms with Crippen LogP contribution < -0.4 is 9.62 Å². The number of anilines is 2. The van der Waals surface area contributed by atoms with Gasteiger partial charge in [0.15, 0.2) is 0 Å². The molecule has 0 atom stereocenters. The fraction of sp³-hybridized carbons (Fsp3) is 0.235. The lowest BCUT2D eigenvalue weighted by Gasteiger charge is -2.17. The summed E-state index contributed by atoms with van der Waals surface area (Å²) in [6, 6.07) is 12.2. The normalized spacial score (nSPS) is 11.1. The minimum atomic E-state index is -3.37. The van der Waals surface area contributed by atoms with Gasteiger partial charge in [0, 0.05) is 18.3 Å². The number of rotatable bonds is 4. The van der Waals surface area contributed by atoms with Crippen LogP contribution in [0.5, 0.6) is 0 Å². The maximum absolute atomic E-state index is 12.4. The summed E-state index contributed by atoms with van der Waals surface area (Å²) in [6.07, 6.45) is 1.12. The molecular formula is C17H20N2O3S. The van der Waals surface area contributed by atoms with E-state index in [4.69, 9.17) is 0 Å². The molecule has 0 aliphatic heterocycles. The quantitative estimate of drug-likeness (QED) is 0.936. The molecule has 0 saturated heterocycles. The van der Waals surface area contributed by atoms with Crippen LogP contribution in [0.4, 0.5) is 11.4 Å². The van der Waals surface area contributed by atoms with E-state index in [1.54, 1.807) is 24.3 Å². The highest BCUT2D eigenvalue weighted by Crippen LogP contribution is 2.19. The standard InChI is InChI=1S/C17H20N2O3S/c1-12-8-9-15(10-13(12)2)18-17(20)14-6-5-7-16(11-14)19(3)23(4,21)22/h5-11H,1-4H3,(H,18,20). The summed E-state index contributed by atoms with van der Waals surface area (Å²) in [5, 5.41) is 2.82. The molecular weight excluding hydrogens is 312 g/mol. The van der Waals surface area contributed by atoms with Crippen molar-refractivity contribution in [3.05, 3.63) is 59.2 Å². The van der Waals surface area contributed by atoms with Crippen molar-refractivity contribution in [2.75, 3.05) is 22.9 Å². The number of hydrogen-bond donors (Lipinski definition) is 1. The van der Waals surface area contributed by atoms with Gasteiger partial charge in [0.05, 0.1) is 11.9 Å². The van der Waals surface area contributed by atoms with Crippen LogP contribution in [-0.2, 0) is 10.0 Å². The largest absolute Gasteiger partial charge is 0.322 e. The van der Waals surface area contributed by atoms with Crippen LogP contribution in [0.1, 0.15) is 21.5 Å². The zero-order chi connectivity index (χ0) is 17.2. The van der Waals surface area contributed by atoms with E-state index < -0.39 is 10.0 Å². The Morgan fingerprint density at radius 1 is 1.04 bits per heavy atom. The summed E-state index contributed by atoms with van der Waals surface area (Å²) in [7, 11) is -1.91. The number of amides is 1. The number of benzene rings is 2. The average Bonchev–Trinajstić information content (AvgIpc) is 2.49. The Hall–Kier alpha value is -2.34. The van der Waals surface area contributed by atoms with Gasteiger partial charge in [-0.25, -0.2) is 8.42 Å². The predicted molar refractivity (Wildman–Crippen MR) is 93.6 cm³/mol. The maximum Gasteiger partial charge on any atom is 0.255 e. The Kier molecular flexibility index (Phi) is 4.75. The molecule has 0 aliphatic rings. The lowest BCUT2D eigenvalue weighted by atomic mass is 10.1. The molecule has 5 nitrogen and oxygen atoms in total. The first kappa shape index (κ1) is 17.0. The van der Waals surface area contributed by atoms with Crippen molar-refractivity contribution in [2.24, 2.45) is 0 Å². The van der Waals surface area contributed by atoms with Crippen LogP contribution >= 0.6 is 0 Å². The van der Waals surface area contributed by atoms with E-state index in [2.05, 4.69) is 5.32 Å². The van der Waals surface area contributed by atoms with Gasteiger partial charge in [-0.05, 0) is 55.3 Å². The van der Waals surface area contributed by atoms with E-state index in [-0.39, 0.29) is 5.91 Å². The molecule has 2 aromatic rings. The van der Waals surface area contributed by atoms with Gasteiger partial charge in [0.1, 0.15) is 0 Å². The van der Waals surface area contributed by atoms with Crippen LogP contribution in [0, 0.1) is 13.8 Å². The van der Waals surface area contributed by atoms with Gasteiger partial charge in [0.2, 0.25) is 10.0 Å². The van der Waals surface area contributed by atoms with Crippen molar-refractivity contribution in [3.63, 3.8) is 0 Å². The van der Waals surface area contributed by atoms with Gasteiger partial charge in [-0.3, -0.25) is 9.10 Å². The molecule has 23 heavy (non-hydrogen) atoms. The van der Waals surface area contributed by atoms with Crippen molar-refractivity contribution in [2.45, 2.75) is 13.8 Å². The highest BCUT2D eigenvalue weighted by molar-refractivity contribution is 7.92. The second kappa shape index (κ2) is 6.42. The Morgan fingerprint density at radius 3 is 2.35 bits per heavy atom. The molecule has 0 unspecified atom stereocenters. The number of nitrogens with one attached hydrogen (secondary N) is 1. The first-order chi connectivity index (χ1) is 10.7. The zero-order valence-corrected chi connectivity index (χ0v) is 14.4. The minimum absolute atomic E-state index is 0.281. The van der Waals surface area contributed by atoms with Crippen molar-refractivity contribution < 1.29 is 13.2 Å². The highest BCUT2D eigenvalue weighted by atomic mass is 32.2. The molecule has 122 valence electrons. The van der Waals surface area contributed by atoms with Gasteiger partial charge in [0.25, 0.3) is 5.91 Å². The van der Waals surface area contributed by atoms with Crippen LogP contribution in [0.15, 0.2) is 42.5 Å². The lowest BCUT2D eigenvalue weighted by Crippen LogP contribution is -2.25. The van der Waals surface area contributed by atoms with E-state index in [0.29, 0.717) is 16.9 Å². The van der Waals surface area contributed by atoms with E-state index in [0.717, 1.165) is 21.7 Å². The fourth-order valence-corrected chi connectivity index (χ4v) is 2.55. The number of carbonyl (C=O) groups excluding carboxylic acids is 1. The van der Waals surface area contributed by atoms with E-state index in [9.17, 15) is 13.2 Å². The van der Waals surface area contributed by atoms with Crippen molar-refractivity contribution in [1.82, 2.24) is 0 Å². The Morgan fingerprint density at radius 2 is 1.74 bits per heavy atom. The van der Waals surface area contributed by atoms with Gasteiger partial charge < -0.3 is 5.32 Å². The topological polar surface area (TPSA) is 66.5 Å². The van der Waals surface area contributed by atoms with Gasteiger partial charge in [-0.1, -0.05) is 12.1 Å². The predicted octanol–water partition coefficient (Wildman–Crippen LogP) is 2.95. The third kappa shape index (κ3) is 4.10. The third-order valence-electron chi connectivity index (χ3n) is 3.73. The molecule has 0 radical (unpaired) electrons. The van der Waals surface area contributed by atoms with Crippen LogP contribution in [0.3, 0.4) is 0 Å². The molecule has 0 fully saturated rings. The molecule has 1 amide bonds. The lowest BCUT2D eigenvalue weighted by molar-refractivity contribution is 0.102. The van der Waals surface area contributed by atoms with E-state index >= 15 is 0 Å². The summed E-state index contributed by atoms with van der Waals surface area (Å²) in [5.74, 6) is -0.281. The average molecular weight is 332 g/mol. The van der Waals surface area contributed by atoms with Gasteiger partial charge in [-0.2, -0.15) is 0 Å². The van der Waals surface area contributed by atoms with Gasteiger partial charge in [-0.15, -0.1) is 0 Å². The van der Waals surface area contributed by atoms with Crippen molar-refractivity contribution in [3.8, 4) is 0 Å². The summed E-state index contributed by atoms with van der Waals surface area (Å²) >= 11 is 0. The Bertz CT molecular complexity index is 845. The molecule has 0 aromatic heterocycles.